The Morgan fingerprint density at radius 1 is 1.17 bits per heavy atom. The summed E-state index contributed by atoms with van der Waals surface area (Å²) in [6.45, 7) is 6.06. The Bertz CT molecular complexity index is 997. The molecule has 0 radical (unpaired) electrons. The molecule has 0 atom stereocenters. The molecule has 0 bridgehead atoms. The molecule has 150 valence electrons. The molecule has 0 aromatic heterocycles. The van der Waals surface area contributed by atoms with E-state index in [2.05, 4.69) is 11.9 Å². The molecule has 2 rings (SSSR count). The second kappa shape index (κ2) is 10.8. The van der Waals surface area contributed by atoms with Crippen LogP contribution in [0.4, 0.5) is 5.69 Å². The number of rotatable bonds is 8. The predicted molar refractivity (Wildman–Crippen MR) is 117 cm³/mol. The quantitative estimate of drug-likeness (QED) is 0.296. The summed E-state index contributed by atoms with van der Waals surface area (Å²) in [5.74, 6) is 0.159. The van der Waals surface area contributed by atoms with Gasteiger partial charge >= 0.3 is 0 Å². The monoisotopic (exact) mass is 450 g/mol. The van der Waals surface area contributed by atoms with Crippen LogP contribution in [-0.2, 0) is 4.79 Å². The minimum absolute atomic E-state index is 0.130. The number of nitrogens with one attached hydrogen (secondary N) is 1. The van der Waals surface area contributed by atoms with Crippen molar-refractivity contribution in [2.45, 2.75) is 6.92 Å². The van der Waals surface area contributed by atoms with E-state index < -0.39 is 5.91 Å². The lowest BCUT2D eigenvalue weighted by molar-refractivity contribution is -0.112. The van der Waals surface area contributed by atoms with E-state index in [1.165, 1.54) is 12.1 Å². The molecule has 2 aromatic carbocycles. The van der Waals surface area contributed by atoms with E-state index in [1.807, 2.05) is 13.0 Å². The Labute approximate surface area is 184 Å². The van der Waals surface area contributed by atoms with Gasteiger partial charge in [-0.05, 0) is 48.9 Å². The van der Waals surface area contributed by atoms with Gasteiger partial charge in [-0.3, -0.25) is 4.79 Å². The number of hydrogen-bond donors (Lipinski definition) is 1. The van der Waals surface area contributed by atoms with Crippen LogP contribution >= 0.6 is 34.8 Å². The smallest absolute Gasteiger partial charge is 0.266 e. The molecule has 1 N–H and O–H groups in total. The molecule has 0 spiro atoms. The molecule has 5 nitrogen and oxygen atoms in total. The van der Waals surface area contributed by atoms with Gasteiger partial charge in [-0.15, -0.1) is 0 Å². The first-order valence-electron chi connectivity index (χ1n) is 8.47. The largest absolute Gasteiger partial charge is 0.490 e. The molecule has 0 aliphatic rings. The van der Waals surface area contributed by atoms with Gasteiger partial charge in [0.05, 0.1) is 21.7 Å². The zero-order valence-corrected chi connectivity index (χ0v) is 17.7. The number of nitriles is 1. The van der Waals surface area contributed by atoms with Crippen molar-refractivity contribution in [2.75, 3.05) is 18.5 Å². The first kappa shape index (κ1) is 22.6. The Balaban J connectivity index is 2.33. The number of nitrogens with zero attached hydrogens (tertiary/aromatic N) is 1. The molecule has 29 heavy (non-hydrogen) atoms. The van der Waals surface area contributed by atoms with Crippen molar-refractivity contribution >= 4 is 52.5 Å². The number of benzene rings is 2. The zero-order valence-electron chi connectivity index (χ0n) is 15.5. The van der Waals surface area contributed by atoms with Crippen molar-refractivity contribution in [2.24, 2.45) is 0 Å². The number of halogens is 3. The van der Waals surface area contributed by atoms with E-state index in [1.54, 1.807) is 30.3 Å². The molecular weight excluding hydrogens is 435 g/mol. The summed E-state index contributed by atoms with van der Waals surface area (Å²) >= 11 is 18.1. The number of ether oxygens (including phenoxy) is 2. The third-order valence-corrected chi connectivity index (χ3v) is 4.55. The first-order valence-corrected chi connectivity index (χ1v) is 9.61. The summed E-state index contributed by atoms with van der Waals surface area (Å²) in [4.78, 5) is 12.5. The van der Waals surface area contributed by atoms with Crippen LogP contribution in [0.3, 0.4) is 0 Å². The molecule has 8 heteroatoms. The maximum absolute atomic E-state index is 12.5. The molecule has 0 saturated heterocycles. The summed E-state index contributed by atoms with van der Waals surface area (Å²) in [6.07, 6.45) is 2.99. The highest BCUT2D eigenvalue weighted by Crippen LogP contribution is 2.37. The van der Waals surface area contributed by atoms with Crippen molar-refractivity contribution in [3.8, 4) is 17.6 Å². The topological polar surface area (TPSA) is 71.3 Å². The Hall–Kier alpha value is -2.65. The van der Waals surface area contributed by atoms with Crippen LogP contribution in [0.25, 0.3) is 6.08 Å². The zero-order chi connectivity index (χ0) is 21.4. The normalized spacial score (nSPS) is 10.8. The lowest BCUT2D eigenvalue weighted by Gasteiger charge is -2.13. The van der Waals surface area contributed by atoms with Gasteiger partial charge in [-0.25, -0.2) is 0 Å². The summed E-state index contributed by atoms with van der Waals surface area (Å²) in [7, 11) is 0. The second-order valence-corrected chi connectivity index (χ2v) is 6.84. The molecule has 0 aliphatic carbocycles. The third kappa shape index (κ3) is 6.16. The lowest BCUT2D eigenvalue weighted by atomic mass is 10.1. The van der Waals surface area contributed by atoms with Crippen LogP contribution in [-0.4, -0.2) is 19.1 Å². The minimum atomic E-state index is -0.605. The maximum Gasteiger partial charge on any atom is 0.266 e. The van der Waals surface area contributed by atoms with Gasteiger partial charge in [0, 0.05) is 5.69 Å². The fraction of sp³-hybridized carbons (Fsp3) is 0.143. The summed E-state index contributed by atoms with van der Waals surface area (Å²) in [5, 5.41) is 13.0. The van der Waals surface area contributed by atoms with Crippen molar-refractivity contribution in [3.05, 3.63) is 69.2 Å². The molecule has 0 heterocycles. The molecule has 0 unspecified atom stereocenters. The summed E-state index contributed by atoms with van der Waals surface area (Å²) < 4.78 is 11.1. The third-order valence-electron chi connectivity index (χ3n) is 3.53. The molecule has 2 aromatic rings. The molecular formula is C21H17Cl3N2O3. The number of carbonyl (C=O) groups excluding carboxylic acids is 1. The van der Waals surface area contributed by atoms with Crippen LogP contribution in [0.2, 0.25) is 15.1 Å². The first-order chi connectivity index (χ1) is 13.9. The Kier molecular flexibility index (Phi) is 8.41. The Morgan fingerprint density at radius 2 is 1.93 bits per heavy atom. The van der Waals surface area contributed by atoms with Crippen molar-refractivity contribution in [1.29, 1.82) is 5.26 Å². The highest BCUT2D eigenvalue weighted by Gasteiger charge is 2.15. The highest BCUT2D eigenvalue weighted by molar-refractivity contribution is 6.42. The van der Waals surface area contributed by atoms with Gasteiger partial charge in [0.15, 0.2) is 11.5 Å². The SMILES string of the molecule is C=CCOc1c(Cl)cc(/C=C(\C#N)C(=O)Nc2ccc(Cl)c(Cl)c2)cc1OCC. The summed E-state index contributed by atoms with van der Waals surface area (Å²) in [6, 6.07) is 9.71. The fourth-order valence-corrected chi connectivity index (χ4v) is 2.88. The van der Waals surface area contributed by atoms with Crippen molar-refractivity contribution < 1.29 is 14.3 Å². The van der Waals surface area contributed by atoms with Gasteiger partial charge in [0.2, 0.25) is 0 Å². The number of carbonyl (C=O) groups is 1. The molecule has 0 saturated carbocycles. The van der Waals surface area contributed by atoms with E-state index >= 15 is 0 Å². The van der Waals surface area contributed by atoms with Crippen LogP contribution in [0.1, 0.15) is 12.5 Å². The fourth-order valence-electron chi connectivity index (χ4n) is 2.30. The number of hydrogen-bond acceptors (Lipinski definition) is 4. The van der Waals surface area contributed by atoms with Crippen LogP contribution < -0.4 is 14.8 Å². The Morgan fingerprint density at radius 3 is 2.55 bits per heavy atom. The van der Waals surface area contributed by atoms with Crippen LogP contribution in [0.5, 0.6) is 11.5 Å². The van der Waals surface area contributed by atoms with E-state index in [-0.39, 0.29) is 22.2 Å². The van der Waals surface area contributed by atoms with Crippen molar-refractivity contribution in [3.63, 3.8) is 0 Å². The molecule has 0 fully saturated rings. The van der Waals surface area contributed by atoms with E-state index in [0.717, 1.165) is 0 Å². The van der Waals surface area contributed by atoms with E-state index in [4.69, 9.17) is 44.3 Å². The second-order valence-electron chi connectivity index (χ2n) is 5.62. The lowest BCUT2D eigenvalue weighted by Crippen LogP contribution is -2.13. The van der Waals surface area contributed by atoms with E-state index in [0.29, 0.717) is 34.4 Å². The average Bonchev–Trinajstić information content (AvgIpc) is 2.68. The minimum Gasteiger partial charge on any atom is -0.490 e. The number of amides is 1. The molecule has 1 amide bonds. The van der Waals surface area contributed by atoms with Gasteiger partial charge in [0.1, 0.15) is 18.2 Å². The standard InChI is InChI=1S/C21H17Cl3N2O3/c1-3-7-29-20-18(24)9-13(10-19(20)28-4-2)8-14(12-25)21(27)26-15-5-6-16(22)17(23)11-15/h3,5-6,8-11H,1,4,7H2,2H3,(H,26,27)/b14-8+. The highest BCUT2D eigenvalue weighted by atomic mass is 35.5. The molecule has 0 aliphatic heterocycles. The van der Waals surface area contributed by atoms with Gasteiger partial charge in [0.25, 0.3) is 5.91 Å². The van der Waals surface area contributed by atoms with Crippen LogP contribution in [0.15, 0.2) is 48.6 Å². The van der Waals surface area contributed by atoms with Crippen molar-refractivity contribution in [1.82, 2.24) is 0 Å². The van der Waals surface area contributed by atoms with Gasteiger partial charge < -0.3 is 14.8 Å². The van der Waals surface area contributed by atoms with Crippen LogP contribution in [0, 0.1) is 11.3 Å². The van der Waals surface area contributed by atoms with Gasteiger partial charge in [-0.2, -0.15) is 5.26 Å². The maximum atomic E-state index is 12.5. The average molecular weight is 452 g/mol. The van der Waals surface area contributed by atoms with E-state index in [9.17, 15) is 10.1 Å². The number of anilines is 1. The summed E-state index contributed by atoms with van der Waals surface area (Å²) in [5.41, 5.74) is 0.784. The predicted octanol–water partition coefficient (Wildman–Crippen LogP) is 6.16. The van der Waals surface area contributed by atoms with Gasteiger partial charge in [-0.1, -0.05) is 47.5 Å².